The lowest BCUT2D eigenvalue weighted by atomic mass is 10.1. The molecule has 0 amide bonds. The van der Waals surface area contributed by atoms with E-state index in [0.29, 0.717) is 0 Å². The maximum Gasteiger partial charge on any atom is 0.0818 e. The van der Waals surface area contributed by atoms with Crippen LogP contribution in [0.15, 0.2) is 41.9 Å². The van der Waals surface area contributed by atoms with Gasteiger partial charge in [0.05, 0.1) is 15.7 Å². The van der Waals surface area contributed by atoms with Crippen molar-refractivity contribution < 1.29 is 0 Å². The first-order valence-electron chi connectivity index (χ1n) is 5.36. The molecule has 0 fully saturated rings. The van der Waals surface area contributed by atoms with Gasteiger partial charge in [0, 0.05) is 0 Å². The summed E-state index contributed by atoms with van der Waals surface area (Å²) in [5.41, 5.74) is 8.68. The highest BCUT2D eigenvalue weighted by Gasteiger charge is 2.18. The second-order valence-electron chi connectivity index (χ2n) is 4.16. The molecule has 0 aliphatic heterocycles. The summed E-state index contributed by atoms with van der Waals surface area (Å²) < 4.78 is 1.30. The van der Waals surface area contributed by atoms with E-state index >= 15 is 0 Å². The van der Waals surface area contributed by atoms with Gasteiger partial charge in [0.2, 0.25) is 0 Å². The van der Waals surface area contributed by atoms with Crippen LogP contribution in [0.3, 0.4) is 0 Å². The van der Waals surface area contributed by atoms with Crippen LogP contribution < -0.4 is 0 Å². The average Bonchev–Trinajstić information content (AvgIpc) is 2.88. The van der Waals surface area contributed by atoms with Crippen LogP contribution in [0, 0.1) is 0 Å². The molecule has 1 aliphatic rings. The van der Waals surface area contributed by atoms with Gasteiger partial charge in [0.1, 0.15) is 0 Å². The molecule has 3 aromatic rings. The Morgan fingerprint density at radius 2 is 1.94 bits per heavy atom. The van der Waals surface area contributed by atoms with Crippen molar-refractivity contribution >= 4 is 21.6 Å². The average molecular weight is 223 g/mol. The predicted octanol–water partition coefficient (Wildman–Crippen LogP) is 3.87. The fraction of sp³-hybridized carbons (Fsp3) is 0.0714. The van der Waals surface area contributed by atoms with Gasteiger partial charge in [-0.1, -0.05) is 24.3 Å². The Hall–Kier alpha value is -1.67. The molecular weight excluding hydrogens is 214 g/mol. The Balaban J connectivity index is 2.09. The van der Waals surface area contributed by atoms with E-state index in [9.17, 15) is 0 Å². The number of aromatic nitrogens is 1. The van der Waals surface area contributed by atoms with Crippen molar-refractivity contribution in [3.63, 3.8) is 0 Å². The molecular formula is C14H9NS. The Labute approximate surface area is 97.4 Å². The van der Waals surface area contributed by atoms with E-state index in [1.807, 2.05) is 5.51 Å². The first kappa shape index (κ1) is 8.48. The normalized spacial score (nSPS) is 12.8. The van der Waals surface area contributed by atoms with Crippen molar-refractivity contribution in [2.75, 3.05) is 0 Å². The third kappa shape index (κ3) is 1.02. The Morgan fingerprint density at radius 1 is 1.00 bits per heavy atom. The molecule has 0 bridgehead atoms. The fourth-order valence-electron chi connectivity index (χ4n) is 2.49. The van der Waals surface area contributed by atoms with Gasteiger partial charge in [0.15, 0.2) is 0 Å². The minimum Gasteiger partial charge on any atom is -0.245 e. The van der Waals surface area contributed by atoms with Gasteiger partial charge in [-0.25, -0.2) is 4.98 Å². The van der Waals surface area contributed by atoms with Gasteiger partial charge in [-0.2, -0.15) is 0 Å². The van der Waals surface area contributed by atoms with E-state index in [1.54, 1.807) is 11.3 Å². The standard InChI is InChI=1S/C14H9NS/c1-2-4-11-9(3-1)5-10-6-14-13(7-12(10)11)15-8-16-14/h1-4,6-8H,5H2. The quantitative estimate of drug-likeness (QED) is 0.441. The fourth-order valence-corrected chi connectivity index (χ4v) is 3.21. The minimum atomic E-state index is 1.07. The SMILES string of the molecule is c1ccc2c(c1)Cc1cc3scnc3cc1-2. The van der Waals surface area contributed by atoms with Crippen molar-refractivity contribution in [1.82, 2.24) is 4.98 Å². The van der Waals surface area contributed by atoms with Crippen LogP contribution in [0.1, 0.15) is 11.1 Å². The summed E-state index contributed by atoms with van der Waals surface area (Å²) in [5, 5.41) is 0. The van der Waals surface area contributed by atoms with Crippen molar-refractivity contribution in [1.29, 1.82) is 0 Å². The molecule has 1 heterocycles. The molecule has 2 aromatic carbocycles. The van der Waals surface area contributed by atoms with Crippen molar-refractivity contribution in [2.45, 2.75) is 6.42 Å². The van der Waals surface area contributed by atoms with Crippen LogP contribution in [0.5, 0.6) is 0 Å². The molecule has 1 aliphatic carbocycles. The zero-order valence-electron chi connectivity index (χ0n) is 8.60. The summed E-state index contributed by atoms with van der Waals surface area (Å²) >= 11 is 1.72. The molecule has 1 aromatic heterocycles. The third-order valence-electron chi connectivity index (χ3n) is 3.24. The van der Waals surface area contributed by atoms with Gasteiger partial charge >= 0.3 is 0 Å². The van der Waals surface area contributed by atoms with Crippen molar-refractivity contribution in [2.24, 2.45) is 0 Å². The number of hydrogen-bond acceptors (Lipinski definition) is 2. The lowest BCUT2D eigenvalue weighted by molar-refractivity contribution is 1.27. The number of benzene rings is 2. The molecule has 76 valence electrons. The molecule has 4 rings (SSSR count). The Morgan fingerprint density at radius 3 is 2.94 bits per heavy atom. The van der Waals surface area contributed by atoms with Crippen LogP contribution in [0.25, 0.3) is 21.3 Å². The topological polar surface area (TPSA) is 12.9 Å². The van der Waals surface area contributed by atoms with Gasteiger partial charge in [-0.15, -0.1) is 11.3 Å². The molecule has 0 saturated carbocycles. The molecule has 0 saturated heterocycles. The number of rotatable bonds is 0. The number of hydrogen-bond donors (Lipinski definition) is 0. The summed E-state index contributed by atoms with van der Waals surface area (Å²) in [6.07, 6.45) is 1.07. The third-order valence-corrected chi connectivity index (χ3v) is 4.04. The van der Waals surface area contributed by atoms with Gasteiger partial charge in [-0.3, -0.25) is 0 Å². The van der Waals surface area contributed by atoms with Crippen LogP contribution >= 0.6 is 11.3 Å². The lowest BCUT2D eigenvalue weighted by Crippen LogP contribution is -1.79. The zero-order chi connectivity index (χ0) is 10.5. The highest BCUT2D eigenvalue weighted by Crippen LogP contribution is 2.39. The van der Waals surface area contributed by atoms with Crippen LogP contribution in [0.2, 0.25) is 0 Å². The molecule has 0 atom stereocenters. The largest absolute Gasteiger partial charge is 0.245 e. The van der Waals surface area contributed by atoms with Crippen LogP contribution in [-0.4, -0.2) is 4.98 Å². The highest BCUT2D eigenvalue weighted by atomic mass is 32.1. The molecule has 16 heavy (non-hydrogen) atoms. The first-order valence-corrected chi connectivity index (χ1v) is 6.24. The maximum absolute atomic E-state index is 4.39. The number of nitrogens with zero attached hydrogens (tertiary/aromatic N) is 1. The summed E-state index contributed by atoms with van der Waals surface area (Å²) in [4.78, 5) is 4.39. The predicted molar refractivity (Wildman–Crippen MR) is 67.9 cm³/mol. The van der Waals surface area contributed by atoms with Gasteiger partial charge in [-0.05, 0) is 40.8 Å². The number of fused-ring (bicyclic) bond motifs is 4. The van der Waals surface area contributed by atoms with E-state index in [-0.39, 0.29) is 0 Å². The molecule has 0 unspecified atom stereocenters. The smallest absolute Gasteiger partial charge is 0.0818 e. The van der Waals surface area contributed by atoms with E-state index in [4.69, 9.17) is 0 Å². The monoisotopic (exact) mass is 223 g/mol. The summed E-state index contributed by atoms with van der Waals surface area (Å²) in [7, 11) is 0. The van der Waals surface area contributed by atoms with Crippen LogP contribution in [-0.2, 0) is 6.42 Å². The summed E-state index contributed by atoms with van der Waals surface area (Å²) in [6, 6.07) is 13.2. The summed E-state index contributed by atoms with van der Waals surface area (Å²) in [5.74, 6) is 0. The molecule has 1 nitrogen and oxygen atoms in total. The number of thiazole rings is 1. The zero-order valence-corrected chi connectivity index (χ0v) is 9.42. The lowest BCUT2D eigenvalue weighted by Gasteiger charge is -1.99. The van der Waals surface area contributed by atoms with Crippen molar-refractivity contribution in [3.05, 3.63) is 53.0 Å². The molecule has 0 spiro atoms. The van der Waals surface area contributed by atoms with Crippen LogP contribution in [0.4, 0.5) is 0 Å². The second kappa shape index (κ2) is 2.92. The minimum absolute atomic E-state index is 1.07. The molecule has 0 N–H and O–H groups in total. The van der Waals surface area contributed by atoms with Gasteiger partial charge < -0.3 is 0 Å². The van der Waals surface area contributed by atoms with E-state index in [1.165, 1.54) is 27.0 Å². The first-order chi connectivity index (χ1) is 7.92. The van der Waals surface area contributed by atoms with E-state index < -0.39 is 0 Å². The van der Waals surface area contributed by atoms with E-state index in [0.717, 1.165) is 11.9 Å². The Bertz CT molecular complexity index is 697. The van der Waals surface area contributed by atoms with Gasteiger partial charge in [0.25, 0.3) is 0 Å². The Kier molecular flexibility index (Phi) is 1.55. The van der Waals surface area contributed by atoms with E-state index in [2.05, 4.69) is 41.4 Å². The maximum atomic E-state index is 4.39. The highest BCUT2D eigenvalue weighted by molar-refractivity contribution is 7.16. The second-order valence-corrected chi connectivity index (χ2v) is 5.05. The summed E-state index contributed by atoms with van der Waals surface area (Å²) in [6.45, 7) is 0. The molecule has 2 heteroatoms. The van der Waals surface area contributed by atoms with Crippen molar-refractivity contribution in [3.8, 4) is 11.1 Å². The molecule has 0 radical (unpaired) electrons.